The molecule has 112 valence electrons. The van der Waals surface area contributed by atoms with Gasteiger partial charge in [0.15, 0.2) is 5.78 Å². The van der Waals surface area contributed by atoms with E-state index in [-0.39, 0.29) is 16.8 Å². The van der Waals surface area contributed by atoms with Crippen LogP contribution in [0.25, 0.3) is 0 Å². The predicted molar refractivity (Wildman–Crippen MR) is 82.4 cm³/mol. The highest BCUT2D eigenvalue weighted by atomic mass is 32.1. The van der Waals surface area contributed by atoms with E-state index >= 15 is 0 Å². The summed E-state index contributed by atoms with van der Waals surface area (Å²) in [4.78, 5) is 18.0. The monoisotopic (exact) mass is 295 g/mol. The molecule has 0 radical (unpaired) electrons. The molecule has 1 aromatic rings. The molecule has 0 unspecified atom stereocenters. The summed E-state index contributed by atoms with van der Waals surface area (Å²) in [6.45, 7) is 11.2. The Morgan fingerprint density at radius 1 is 1.25 bits per heavy atom. The van der Waals surface area contributed by atoms with Gasteiger partial charge in [-0.1, -0.05) is 27.7 Å². The van der Waals surface area contributed by atoms with Crippen LogP contribution in [0.3, 0.4) is 0 Å². The normalized spacial score (nSPS) is 18.1. The largest absolute Gasteiger partial charge is 0.368 e. The van der Waals surface area contributed by atoms with Gasteiger partial charge in [0, 0.05) is 13.0 Å². The average molecular weight is 295 g/mol. The van der Waals surface area contributed by atoms with Gasteiger partial charge < -0.3 is 4.74 Å². The highest BCUT2D eigenvalue weighted by Gasteiger charge is 2.38. The molecule has 2 rings (SSSR count). The molecule has 0 amide bonds. The van der Waals surface area contributed by atoms with Gasteiger partial charge in [-0.05, 0) is 31.6 Å². The zero-order chi connectivity index (χ0) is 15.0. The molecular formula is C16H25NO2S. The van der Waals surface area contributed by atoms with Gasteiger partial charge in [0.2, 0.25) is 0 Å². The highest BCUT2D eigenvalue weighted by molar-refractivity contribution is 7.14. The van der Waals surface area contributed by atoms with Crippen LogP contribution in [0.1, 0.15) is 74.3 Å². The van der Waals surface area contributed by atoms with Gasteiger partial charge >= 0.3 is 0 Å². The van der Waals surface area contributed by atoms with Gasteiger partial charge in [0.05, 0.1) is 10.6 Å². The van der Waals surface area contributed by atoms with Crippen LogP contribution in [0.4, 0.5) is 0 Å². The quantitative estimate of drug-likeness (QED) is 0.810. The van der Waals surface area contributed by atoms with Crippen LogP contribution >= 0.6 is 11.3 Å². The molecule has 0 spiro atoms. The number of Topliss-reactive ketones (excluding diaryl/α,β-unsaturated/α-hetero) is 1. The van der Waals surface area contributed by atoms with Crippen LogP contribution in [0.15, 0.2) is 0 Å². The first-order valence-corrected chi connectivity index (χ1v) is 8.36. The van der Waals surface area contributed by atoms with Crippen molar-refractivity contribution >= 4 is 17.1 Å². The number of nitrogens with zero attached hydrogens (tertiary/aromatic N) is 1. The number of fused-ring (bicyclic) bond motifs is 1. The van der Waals surface area contributed by atoms with Crippen molar-refractivity contribution in [1.82, 2.24) is 4.98 Å². The van der Waals surface area contributed by atoms with Crippen LogP contribution in [0.5, 0.6) is 0 Å². The van der Waals surface area contributed by atoms with Crippen molar-refractivity contribution in [2.24, 2.45) is 5.41 Å². The summed E-state index contributed by atoms with van der Waals surface area (Å²) in [5.41, 5.74) is 0.695. The molecule has 0 N–H and O–H groups in total. The molecule has 0 saturated heterocycles. The first-order valence-electron chi connectivity index (χ1n) is 7.55. The Bertz CT molecular complexity index is 501. The second kappa shape index (κ2) is 5.57. The standard InChI is InChI=1S/C16H25NO2S/c1-6-16(7-2,19-8-3)14-17-11-9-15(4,5)10-12(18)13(11)20-14/h6-10H2,1-5H3. The van der Waals surface area contributed by atoms with Crippen molar-refractivity contribution in [3.8, 4) is 0 Å². The van der Waals surface area contributed by atoms with Crippen molar-refractivity contribution in [2.75, 3.05) is 6.61 Å². The minimum Gasteiger partial charge on any atom is -0.368 e. The third-order valence-electron chi connectivity index (χ3n) is 4.19. The van der Waals surface area contributed by atoms with Crippen LogP contribution < -0.4 is 0 Å². The predicted octanol–water partition coefficient (Wildman–Crippen LogP) is 4.35. The van der Waals surface area contributed by atoms with Crippen LogP contribution in [0.2, 0.25) is 0 Å². The number of aromatic nitrogens is 1. The molecule has 0 aliphatic heterocycles. The number of rotatable bonds is 5. The Kier molecular flexibility index (Phi) is 4.35. The number of ether oxygens (including phenoxy) is 1. The maximum absolute atomic E-state index is 12.3. The molecule has 0 aromatic carbocycles. The summed E-state index contributed by atoms with van der Waals surface area (Å²) in [6.07, 6.45) is 3.30. The lowest BCUT2D eigenvalue weighted by atomic mass is 9.78. The summed E-state index contributed by atoms with van der Waals surface area (Å²) in [5.74, 6) is 0.248. The highest BCUT2D eigenvalue weighted by Crippen LogP contribution is 2.42. The molecule has 0 fully saturated rings. The molecule has 1 aliphatic rings. The zero-order valence-electron chi connectivity index (χ0n) is 13.2. The van der Waals surface area contributed by atoms with Crippen LogP contribution in [-0.2, 0) is 16.8 Å². The van der Waals surface area contributed by atoms with Gasteiger partial charge in [0.1, 0.15) is 10.6 Å². The number of carbonyl (C=O) groups excluding carboxylic acids is 1. The Hall–Kier alpha value is -0.740. The minimum atomic E-state index is -0.318. The number of hydrogen-bond donors (Lipinski definition) is 0. The van der Waals surface area contributed by atoms with E-state index < -0.39 is 0 Å². The molecule has 1 aromatic heterocycles. The second-order valence-corrected chi connectivity index (χ2v) is 7.37. The fourth-order valence-electron chi connectivity index (χ4n) is 3.01. The number of carbonyl (C=O) groups is 1. The maximum atomic E-state index is 12.3. The third-order valence-corrected chi connectivity index (χ3v) is 5.51. The van der Waals surface area contributed by atoms with E-state index in [0.29, 0.717) is 13.0 Å². The molecule has 0 bridgehead atoms. The fourth-order valence-corrected chi connectivity index (χ4v) is 4.31. The zero-order valence-corrected chi connectivity index (χ0v) is 14.0. The third kappa shape index (κ3) is 2.68. The summed E-state index contributed by atoms with van der Waals surface area (Å²) < 4.78 is 6.02. The van der Waals surface area contributed by atoms with Crippen molar-refractivity contribution in [3.63, 3.8) is 0 Å². The molecule has 3 nitrogen and oxygen atoms in total. The summed E-state index contributed by atoms with van der Waals surface area (Å²) >= 11 is 1.55. The van der Waals surface area contributed by atoms with E-state index in [4.69, 9.17) is 9.72 Å². The molecule has 4 heteroatoms. The van der Waals surface area contributed by atoms with Crippen molar-refractivity contribution in [2.45, 2.75) is 65.9 Å². The Labute approximate surface area is 125 Å². The van der Waals surface area contributed by atoms with E-state index in [0.717, 1.165) is 34.8 Å². The first-order chi connectivity index (χ1) is 9.37. The number of thiazole rings is 1. The summed E-state index contributed by atoms with van der Waals surface area (Å²) in [6, 6.07) is 0. The number of ketones is 1. The molecule has 1 aliphatic carbocycles. The molecule has 1 heterocycles. The molecule has 0 atom stereocenters. The molecule has 20 heavy (non-hydrogen) atoms. The van der Waals surface area contributed by atoms with E-state index in [1.54, 1.807) is 11.3 Å². The summed E-state index contributed by atoms with van der Waals surface area (Å²) in [5, 5.41) is 0.986. The lowest BCUT2D eigenvalue weighted by Gasteiger charge is -2.29. The van der Waals surface area contributed by atoms with Gasteiger partial charge in [-0.3, -0.25) is 4.79 Å². The van der Waals surface area contributed by atoms with Gasteiger partial charge in [-0.15, -0.1) is 11.3 Å². The van der Waals surface area contributed by atoms with Crippen molar-refractivity contribution in [1.29, 1.82) is 0 Å². The van der Waals surface area contributed by atoms with Crippen LogP contribution in [0, 0.1) is 5.41 Å². The average Bonchev–Trinajstić information content (AvgIpc) is 2.79. The smallest absolute Gasteiger partial charge is 0.175 e. The number of hydrogen-bond acceptors (Lipinski definition) is 4. The maximum Gasteiger partial charge on any atom is 0.175 e. The van der Waals surface area contributed by atoms with E-state index in [9.17, 15) is 4.79 Å². The summed E-state index contributed by atoms with van der Waals surface area (Å²) in [7, 11) is 0. The Morgan fingerprint density at radius 3 is 2.45 bits per heavy atom. The fraction of sp³-hybridized carbons (Fsp3) is 0.750. The second-order valence-electron chi connectivity index (χ2n) is 6.37. The lowest BCUT2D eigenvalue weighted by Crippen LogP contribution is -2.28. The van der Waals surface area contributed by atoms with Gasteiger partial charge in [-0.25, -0.2) is 4.98 Å². The Morgan fingerprint density at radius 2 is 1.90 bits per heavy atom. The van der Waals surface area contributed by atoms with E-state index in [1.165, 1.54) is 0 Å². The lowest BCUT2D eigenvalue weighted by molar-refractivity contribution is -0.0507. The molecule has 0 saturated carbocycles. The van der Waals surface area contributed by atoms with Crippen molar-refractivity contribution in [3.05, 3.63) is 15.6 Å². The topological polar surface area (TPSA) is 39.2 Å². The minimum absolute atomic E-state index is 0.0299. The van der Waals surface area contributed by atoms with Crippen LogP contribution in [-0.4, -0.2) is 17.4 Å². The molecular weight excluding hydrogens is 270 g/mol. The first kappa shape index (κ1) is 15.6. The van der Waals surface area contributed by atoms with Crippen molar-refractivity contribution < 1.29 is 9.53 Å². The van der Waals surface area contributed by atoms with Gasteiger partial charge in [-0.2, -0.15) is 0 Å². The SMILES string of the molecule is CCOC(CC)(CC)c1nc2c(s1)C(=O)CC(C)(C)C2. The van der Waals surface area contributed by atoms with E-state index in [1.807, 2.05) is 6.92 Å². The van der Waals surface area contributed by atoms with Gasteiger partial charge in [0.25, 0.3) is 0 Å². The Balaban J connectivity index is 2.43. The van der Waals surface area contributed by atoms with E-state index in [2.05, 4.69) is 27.7 Å².